The fourth-order valence-electron chi connectivity index (χ4n) is 2.72. The highest BCUT2D eigenvalue weighted by Gasteiger charge is 2.36. The molecular weight excluding hydrogens is 309 g/mol. The molecule has 2 atom stereocenters. The third kappa shape index (κ3) is 3.80. The van der Waals surface area contributed by atoms with Gasteiger partial charge in [-0.25, -0.2) is 4.39 Å². The van der Waals surface area contributed by atoms with Crippen LogP contribution in [-0.2, 0) is 4.79 Å². The van der Waals surface area contributed by atoms with E-state index in [1.54, 1.807) is 24.3 Å². The van der Waals surface area contributed by atoms with E-state index in [1.165, 1.54) is 29.2 Å². The number of benzene rings is 2. The SMILES string of the molecule is O=C([C@@H](O)c1ccccc1)N(C[C@H](O)c1ccc(F)cc1)C1CC1. The highest BCUT2D eigenvalue weighted by atomic mass is 19.1. The summed E-state index contributed by atoms with van der Waals surface area (Å²) in [6.45, 7) is 0.0824. The molecule has 0 heterocycles. The maximum Gasteiger partial charge on any atom is 0.256 e. The molecule has 5 heteroatoms. The maximum atomic E-state index is 13.0. The third-order valence-electron chi connectivity index (χ3n) is 4.24. The van der Waals surface area contributed by atoms with Crippen molar-refractivity contribution in [1.82, 2.24) is 4.90 Å². The quantitative estimate of drug-likeness (QED) is 0.856. The van der Waals surface area contributed by atoms with Gasteiger partial charge in [-0.1, -0.05) is 42.5 Å². The first kappa shape index (κ1) is 16.6. The minimum absolute atomic E-state index is 0.0472. The Morgan fingerprint density at radius 1 is 1.04 bits per heavy atom. The van der Waals surface area contributed by atoms with E-state index in [1.807, 2.05) is 6.07 Å². The van der Waals surface area contributed by atoms with Crippen molar-refractivity contribution in [2.45, 2.75) is 31.1 Å². The van der Waals surface area contributed by atoms with Crippen LogP contribution in [0.2, 0.25) is 0 Å². The van der Waals surface area contributed by atoms with Gasteiger partial charge in [-0.3, -0.25) is 4.79 Å². The molecule has 0 unspecified atom stereocenters. The predicted octanol–water partition coefficient (Wildman–Crippen LogP) is 2.58. The molecule has 1 aliphatic rings. The summed E-state index contributed by atoms with van der Waals surface area (Å²) < 4.78 is 13.0. The van der Waals surface area contributed by atoms with Crippen LogP contribution in [-0.4, -0.2) is 33.6 Å². The number of aliphatic hydroxyl groups is 2. The standard InChI is InChI=1S/C19H20FNO3/c20-15-8-6-13(7-9-15)17(22)12-21(16-10-11-16)19(24)18(23)14-4-2-1-3-5-14/h1-9,16-18,22-23H,10-12H2/t17-,18-/m0/s1. The van der Waals surface area contributed by atoms with Crippen LogP contribution in [0.25, 0.3) is 0 Å². The van der Waals surface area contributed by atoms with Crippen molar-refractivity contribution in [1.29, 1.82) is 0 Å². The lowest BCUT2D eigenvalue weighted by molar-refractivity contribution is -0.142. The summed E-state index contributed by atoms with van der Waals surface area (Å²) in [6.07, 6.45) is -0.433. The number of halogens is 1. The second-order valence-corrected chi connectivity index (χ2v) is 6.10. The number of rotatable bonds is 6. The van der Waals surface area contributed by atoms with Crippen molar-refractivity contribution in [3.8, 4) is 0 Å². The van der Waals surface area contributed by atoms with Gasteiger partial charge in [-0.15, -0.1) is 0 Å². The number of hydrogen-bond donors (Lipinski definition) is 2. The lowest BCUT2D eigenvalue weighted by Gasteiger charge is -2.27. The maximum absolute atomic E-state index is 13.0. The van der Waals surface area contributed by atoms with Crippen molar-refractivity contribution in [3.63, 3.8) is 0 Å². The van der Waals surface area contributed by atoms with Crippen molar-refractivity contribution in [2.24, 2.45) is 0 Å². The molecule has 0 saturated heterocycles. The molecule has 0 aromatic heterocycles. The summed E-state index contributed by atoms with van der Waals surface area (Å²) in [7, 11) is 0. The average Bonchev–Trinajstić information content (AvgIpc) is 3.44. The molecule has 1 amide bonds. The lowest BCUT2D eigenvalue weighted by Crippen LogP contribution is -2.39. The topological polar surface area (TPSA) is 60.8 Å². The van der Waals surface area contributed by atoms with E-state index < -0.39 is 18.1 Å². The Kier molecular flexibility index (Phi) is 4.92. The van der Waals surface area contributed by atoms with E-state index in [-0.39, 0.29) is 18.4 Å². The fourth-order valence-corrected chi connectivity index (χ4v) is 2.72. The highest BCUT2D eigenvalue weighted by Crippen LogP contribution is 2.31. The average molecular weight is 329 g/mol. The summed E-state index contributed by atoms with van der Waals surface area (Å²) in [5.41, 5.74) is 1.08. The Morgan fingerprint density at radius 2 is 1.67 bits per heavy atom. The van der Waals surface area contributed by atoms with Crippen molar-refractivity contribution in [3.05, 3.63) is 71.5 Å². The van der Waals surface area contributed by atoms with Gasteiger partial charge in [-0.05, 0) is 36.1 Å². The number of aliphatic hydroxyl groups excluding tert-OH is 2. The zero-order valence-corrected chi connectivity index (χ0v) is 13.2. The molecule has 1 fully saturated rings. The lowest BCUT2D eigenvalue weighted by atomic mass is 10.1. The molecule has 0 aliphatic heterocycles. The zero-order chi connectivity index (χ0) is 17.1. The van der Waals surface area contributed by atoms with Crippen LogP contribution < -0.4 is 0 Å². The van der Waals surface area contributed by atoms with E-state index in [2.05, 4.69) is 0 Å². The van der Waals surface area contributed by atoms with E-state index in [4.69, 9.17) is 0 Å². The van der Waals surface area contributed by atoms with Crippen LogP contribution >= 0.6 is 0 Å². The summed E-state index contributed by atoms with van der Waals surface area (Å²) in [5.74, 6) is -0.787. The number of carbonyl (C=O) groups excluding carboxylic acids is 1. The van der Waals surface area contributed by atoms with Crippen LogP contribution in [0.5, 0.6) is 0 Å². The van der Waals surface area contributed by atoms with Crippen LogP contribution in [0.1, 0.15) is 36.2 Å². The van der Waals surface area contributed by atoms with Gasteiger partial charge in [0.25, 0.3) is 5.91 Å². The summed E-state index contributed by atoms with van der Waals surface area (Å²) in [5, 5.41) is 20.7. The van der Waals surface area contributed by atoms with Gasteiger partial charge in [0, 0.05) is 6.04 Å². The molecule has 0 spiro atoms. The Hall–Kier alpha value is -2.24. The van der Waals surface area contributed by atoms with Crippen LogP contribution in [0.15, 0.2) is 54.6 Å². The first-order valence-corrected chi connectivity index (χ1v) is 8.03. The van der Waals surface area contributed by atoms with Crippen LogP contribution in [0.3, 0.4) is 0 Å². The van der Waals surface area contributed by atoms with Gasteiger partial charge < -0.3 is 15.1 Å². The van der Waals surface area contributed by atoms with Gasteiger partial charge in [0.15, 0.2) is 6.10 Å². The molecular formula is C19H20FNO3. The molecule has 2 N–H and O–H groups in total. The van der Waals surface area contributed by atoms with Crippen LogP contribution in [0.4, 0.5) is 4.39 Å². The first-order valence-electron chi connectivity index (χ1n) is 8.03. The zero-order valence-electron chi connectivity index (χ0n) is 13.2. The normalized spacial score (nSPS) is 16.5. The smallest absolute Gasteiger partial charge is 0.256 e. The minimum Gasteiger partial charge on any atom is -0.387 e. The number of carbonyl (C=O) groups is 1. The summed E-state index contributed by atoms with van der Waals surface area (Å²) in [6, 6.07) is 14.4. The Balaban J connectivity index is 1.72. The molecule has 2 aromatic rings. The molecule has 24 heavy (non-hydrogen) atoms. The van der Waals surface area contributed by atoms with E-state index in [9.17, 15) is 19.4 Å². The molecule has 0 radical (unpaired) electrons. The third-order valence-corrected chi connectivity index (χ3v) is 4.24. The molecule has 3 rings (SSSR count). The van der Waals surface area contributed by atoms with Gasteiger partial charge >= 0.3 is 0 Å². The van der Waals surface area contributed by atoms with Crippen LogP contribution in [0, 0.1) is 5.82 Å². The predicted molar refractivity (Wildman–Crippen MR) is 87.5 cm³/mol. The van der Waals surface area contributed by atoms with E-state index in [0.717, 1.165) is 12.8 Å². The number of nitrogens with zero attached hydrogens (tertiary/aromatic N) is 1. The number of hydrogen-bond acceptors (Lipinski definition) is 3. The molecule has 1 aliphatic carbocycles. The molecule has 0 bridgehead atoms. The Morgan fingerprint density at radius 3 is 2.25 bits per heavy atom. The molecule has 1 saturated carbocycles. The van der Waals surface area contributed by atoms with Gasteiger partial charge in [-0.2, -0.15) is 0 Å². The molecule has 4 nitrogen and oxygen atoms in total. The van der Waals surface area contributed by atoms with Crippen molar-refractivity contribution in [2.75, 3.05) is 6.54 Å². The Bertz CT molecular complexity index is 686. The summed E-state index contributed by atoms with van der Waals surface area (Å²) >= 11 is 0. The highest BCUT2D eigenvalue weighted by molar-refractivity contribution is 5.82. The second kappa shape index (κ2) is 7.11. The Labute approximate surface area is 140 Å². The van der Waals surface area contributed by atoms with E-state index in [0.29, 0.717) is 11.1 Å². The van der Waals surface area contributed by atoms with Gasteiger partial charge in [0.05, 0.1) is 12.6 Å². The summed E-state index contributed by atoms with van der Waals surface area (Å²) in [4.78, 5) is 14.2. The van der Waals surface area contributed by atoms with Crippen molar-refractivity contribution < 1.29 is 19.4 Å². The van der Waals surface area contributed by atoms with Gasteiger partial charge in [0.1, 0.15) is 5.82 Å². The number of amides is 1. The first-order chi connectivity index (χ1) is 11.6. The second-order valence-electron chi connectivity index (χ2n) is 6.10. The fraction of sp³-hybridized carbons (Fsp3) is 0.316. The molecule has 2 aromatic carbocycles. The largest absolute Gasteiger partial charge is 0.387 e. The molecule has 126 valence electrons. The van der Waals surface area contributed by atoms with Crippen molar-refractivity contribution >= 4 is 5.91 Å². The van der Waals surface area contributed by atoms with E-state index >= 15 is 0 Å². The van der Waals surface area contributed by atoms with Gasteiger partial charge in [0.2, 0.25) is 0 Å². The monoisotopic (exact) mass is 329 g/mol. The minimum atomic E-state index is -1.24.